The van der Waals surface area contributed by atoms with E-state index in [1.165, 1.54) is 6.26 Å². The Hall–Kier alpha value is -1.29. The molecule has 1 aliphatic rings. The average Bonchev–Trinajstić information content (AvgIpc) is 2.87. The smallest absolute Gasteiger partial charge is 0.374 e. The van der Waals surface area contributed by atoms with Crippen LogP contribution >= 0.6 is 0 Å². The highest BCUT2D eigenvalue weighted by Gasteiger charge is 2.18. The third-order valence-electron chi connectivity index (χ3n) is 2.15. The van der Waals surface area contributed by atoms with E-state index in [1.807, 2.05) is 0 Å². The highest BCUT2D eigenvalue weighted by atomic mass is 16.6. The molecule has 2 rings (SSSR count). The van der Waals surface area contributed by atoms with Crippen molar-refractivity contribution in [3.05, 3.63) is 24.2 Å². The first-order chi connectivity index (χ1) is 6.86. The van der Waals surface area contributed by atoms with Crippen LogP contribution in [0.25, 0.3) is 0 Å². The van der Waals surface area contributed by atoms with Gasteiger partial charge in [-0.05, 0) is 25.0 Å². The van der Waals surface area contributed by atoms with E-state index in [-0.39, 0.29) is 11.9 Å². The molecule has 0 spiro atoms. The molecule has 1 aliphatic heterocycles. The maximum Gasteiger partial charge on any atom is 0.374 e. The third kappa shape index (κ3) is 2.14. The fourth-order valence-corrected chi connectivity index (χ4v) is 1.41. The van der Waals surface area contributed by atoms with Gasteiger partial charge in [0.1, 0.15) is 6.61 Å². The molecule has 1 atom stereocenters. The normalized spacial score (nSPS) is 21.0. The lowest BCUT2D eigenvalue weighted by Gasteiger charge is -2.08. The molecule has 4 nitrogen and oxygen atoms in total. The maximum atomic E-state index is 11.3. The monoisotopic (exact) mass is 196 g/mol. The van der Waals surface area contributed by atoms with Gasteiger partial charge in [-0.25, -0.2) is 4.79 Å². The van der Waals surface area contributed by atoms with Gasteiger partial charge in [0.25, 0.3) is 0 Å². The molecule has 0 bridgehead atoms. The van der Waals surface area contributed by atoms with Crippen molar-refractivity contribution in [2.45, 2.75) is 18.9 Å². The Labute approximate surface area is 81.8 Å². The summed E-state index contributed by atoms with van der Waals surface area (Å²) in [6.07, 6.45) is 3.52. The molecule has 0 saturated carbocycles. The lowest BCUT2D eigenvalue weighted by atomic mass is 10.2. The Bertz CT molecular complexity index is 285. The predicted molar refractivity (Wildman–Crippen MR) is 48.0 cm³/mol. The van der Waals surface area contributed by atoms with Crippen LogP contribution in [0.5, 0.6) is 0 Å². The molecule has 1 fully saturated rings. The number of hydrogen-bond donors (Lipinski definition) is 0. The van der Waals surface area contributed by atoms with Gasteiger partial charge in [-0.2, -0.15) is 0 Å². The van der Waals surface area contributed by atoms with Crippen LogP contribution in [0.15, 0.2) is 22.8 Å². The lowest BCUT2D eigenvalue weighted by Crippen LogP contribution is -2.17. The molecule has 1 aromatic heterocycles. The van der Waals surface area contributed by atoms with Crippen LogP contribution in [-0.4, -0.2) is 25.3 Å². The van der Waals surface area contributed by atoms with Crippen LogP contribution in [0.3, 0.4) is 0 Å². The van der Waals surface area contributed by atoms with E-state index in [0.717, 1.165) is 19.4 Å². The summed E-state index contributed by atoms with van der Waals surface area (Å²) in [4.78, 5) is 11.3. The minimum atomic E-state index is -0.425. The van der Waals surface area contributed by atoms with E-state index in [2.05, 4.69) is 0 Å². The second kappa shape index (κ2) is 4.28. The van der Waals surface area contributed by atoms with E-state index in [1.54, 1.807) is 12.1 Å². The Kier molecular flexibility index (Phi) is 2.84. The third-order valence-corrected chi connectivity index (χ3v) is 2.15. The van der Waals surface area contributed by atoms with Gasteiger partial charge in [0, 0.05) is 6.61 Å². The van der Waals surface area contributed by atoms with Crippen LogP contribution in [0, 0.1) is 0 Å². The first-order valence-corrected chi connectivity index (χ1v) is 4.68. The van der Waals surface area contributed by atoms with Crippen LogP contribution in [0.1, 0.15) is 23.4 Å². The molecule has 14 heavy (non-hydrogen) atoms. The van der Waals surface area contributed by atoms with Gasteiger partial charge >= 0.3 is 5.97 Å². The summed E-state index contributed by atoms with van der Waals surface area (Å²) < 4.78 is 15.2. The van der Waals surface area contributed by atoms with E-state index in [4.69, 9.17) is 13.9 Å². The Morgan fingerprint density at radius 1 is 1.64 bits per heavy atom. The first kappa shape index (κ1) is 9.27. The summed E-state index contributed by atoms with van der Waals surface area (Å²) in [5.41, 5.74) is 0. The molecule has 0 radical (unpaired) electrons. The summed E-state index contributed by atoms with van der Waals surface area (Å²) in [5.74, 6) is -0.187. The molecular weight excluding hydrogens is 184 g/mol. The topological polar surface area (TPSA) is 48.7 Å². The number of furan rings is 1. The number of rotatable bonds is 3. The van der Waals surface area contributed by atoms with E-state index < -0.39 is 5.97 Å². The van der Waals surface area contributed by atoms with Crippen molar-refractivity contribution < 1.29 is 18.7 Å². The largest absolute Gasteiger partial charge is 0.457 e. The minimum Gasteiger partial charge on any atom is -0.457 e. The van der Waals surface area contributed by atoms with Crippen molar-refractivity contribution in [1.29, 1.82) is 0 Å². The van der Waals surface area contributed by atoms with Gasteiger partial charge in [0.2, 0.25) is 5.76 Å². The molecule has 0 aromatic carbocycles. The van der Waals surface area contributed by atoms with E-state index in [9.17, 15) is 4.79 Å². The second-order valence-corrected chi connectivity index (χ2v) is 3.21. The zero-order chi connectivity index (χ0) is 9.80. The standard InChI is InChI=1S/C10H12O4/c11-10(9-4-2-6-13-9)14-7-8-3-1-5-12-8/h2,4,6,8H,1,3,5,7H2. The van der Waals surface area contributed by atoms with Gasteiger partial charge in [-0.15, -0.1) is 0 Å². The molecular formula is C10H12O4. The Balaban J connectivity index is 1.78. The highest BCUT2D eigenvalue weighted by Crippen LogP contribution is 2.13. The number of carbonyl (C=O) groups is 1. The number of hydrogen-bond acceptors (Lipinski definition) is 4. The number of ether oxygens (including phenoxy) is 2. The van der Waals surface area contributed by atoms with Gasteiger partial charge in [0.05, 0.1) is 12.4 Å². The van der Waals surface area contributed by atoms with Crippen LogP contribution in [0.4, 0.5) is 0 Å². The van der Waals surface area contributed by atoms with Crippen LogP contribution < -0.4 is 0 Å². The lowest BCUT2D eigenvalue weighted by molar-refractivity contribution is 0.0136. The second-order valence-electron chi connectivity index (χ2n) is 3.21. The van der Waals surface area contributed by atoms with Crippen LogP contribution in [-0.2, 0) is 9.47 Å². The van der Waals surface area contributed by atoms with Gasteiger partial charge in [0.15, 0.2) is 0 Å². The summed E-state index contributed by atoms with van der Waals surface area (Å²) in [6, 6.07) is 3.24. The van der Waals surface area contributed by atoms with Gasteiger partial charge in [-0.1, -0.05) is 0 Å². The van der Waals surface area contributed by atoms with E-state index in [0.29, 0.717) is 6.61 Å². The summed E-state index contributed by atoms with van der Waals surface area (Å²) >= 11 is 0. The molecule has 2 heterocycles. The van der Waals surface area contributed by atoms with Crippen molar-refractivity contribution in [3.63, 3.8) is 0 Å². The summed E-state index contributed by atoms with van der Waals surface area (Å²) in [7, 11) is 0. The predicted octanol–water partition coefficient (Wildman–Crippen LogP) is 1.62. The molecule has 1 saturated heterocycles. The quantitative estimate of drug-likeness (QED) is 0.689. The zero-order valence-electron chi connectivity index (χ0n) is 7.77. The van der Waals surface area contributed by atoms with Crippen molar-refractivity contribution in [2.75, 3.05) is 13.2 Å². The molecule has 4 heteroatoms. The minimum absolute atomic E-state index is 0.0638. The molecule has 0 aliphatic carbocycles. The summed E-state index contributed by atoms with van der Waals surface area (Å²) in [6.45, 7) is 1.09. The Morgan fingerprint density at radius 3 is 3.21 bits per heavy atom. The molecule has 0 N–H and O–H groups in total. The SMILES string of the molecule is O=C(OCC1CCCO1)c1ccco1. The molecule has 0 amide bonds. The average molecular weight is 196 g/mol. The van der Waals surface area contributed by atoms with Gasteiger partial charge < -0.3 is 13.9 Å². The fraction of sp³-hybridized carbons (Fsp3) is 0.500. The molecule has 1 unspecified atom stereocenters. The number of carbonyl (C=O) groups excluding carboxylic acids is 1. The molecule has 76 valence electrons. The zero-order valence-corrected chi connectivity index (χ0v) is 7.77. The number of esters is 1. The van der Waals surface area contributed by atoms with E-state index >= 15 is 0 Å². The van der Waals surface area contributed by atoms with Crippen molar-refractivity contribution in [1.82, 2.24) is 0 Å². The van der Waals surface area contributed by atoms with Crippen molar-refractivity contribution >= 4 is 5.97 Å². The van der Waals surface area contributed by atoms with Crippen molar-refractivity contribution in [2.24, 2.45) is 0 Å². The fourth-order valence-electron chi connectivity index (χ4n) is 1.41. The first-order valence-electron chi connectivity index (χ1n) is 4.68. The van der Waals surface area contributed by atoms with Crippen molar-refractivity contribution in [3.8, 4) is 0 Å². The van der Waals surface area contributed by atoms with Crippen LogP contribution in [0.2, 0.25) is 0 Å². The molecule has 1 aromatic rings. The maximum absolute atomic E-state index is 11.3. The summed E-state index contributed by atoms with van der Waals surface area (Å²) in [5, 5.41) is 0. The van der Waals surface area contributed by atoms with Gasteiger partial charge in [-0.3, -0.25) is 0 Å². The Morgan fingerprint density at radius 2 is 2.57 bits per heavy atom. The highest BCUT2D eigenvalue weighted by molar-refractivity contribution is 5.86.